The van der Waals surface area contributed by atoms with Crippen LogP contribution in [0.3, 0.4) is 0 Å². The molecule has 0 aromatic rings. The minimum atomic E-state index is -2.64. The van der Waals surface area contributed by atoms with Gasteiger partial charge in [-0.2, -0.15) is 0 Å². The van der Waals surface area contributed by atoms with Crippen molar-refractivity contribution >= 4 is 22.1 Å². The van der Waals surface area contributed by atoms with Crippen molar-refractivity contribution in [3.05, 3.63) is 0 Å². The summed E-state index contributed by atoms with van der Waals surface area (Å²) in [6.07, 6.45) is 0. The SMILES string of the molecule is CCOP(C)(C)=O.COP(C)(C)=O.CP(C)(=O)O. The van der Waals surface area contributed by atoms with Gasteiger partial charge in [0.25, 0.3) is 0 Å². The Morgan fingerprint density at radius 1 is 0.889 bits per heavy atom. The van der Waals surface area contributed by atoms with Crippen LogP contribution in [0.2, 0.25) is 0 Å². The van der Waals surface area contributed by atoms with Gasteiger partial charge in [0.15, 0.2) is 22.1 Å². The molecule has 0 aliphatic carbocycles. The van der Waals surface area contributed by atoms with Gasteiger partial charge in [-0.3, -0.25) is 13.7 Å². The van der Waals surface area contributed by atoms with Crippen LogP contribution in [-0.2, 0) is 22.7 Å². The summed E-state index contributed by atoms with van der Waals surface area (Å²) in [7, 11) is -5.51. The third kappa shape index (κ3) is 70.1. The Morgan fingerprint density at radius 3 is 1.11 bits per heavy atom. The maximum absolute atomic E-state index is 10.6. The van der Waals surface area contributed by atoms with E-state index in [-0.39, 0.29) is 0 Å². The second kappa shape index (κ2) is 10.4. The highest BCUT2D eigenvalue weighted by molar-refractivity contribution is 7.57. The van der Waals surface area contributed by atoms with E-state index < -0.39 is 22.1 Å². The molecule has 0 unspecified atom stereocenters. The Labute approximate surface area is 111 Å². The number of hydrogen-bond donors (Lipinski definition) is 1. The van der Waals surface area contributed by atoms with E-state index in [1.165, 1.54) is 20.4 Å². The third-order valence-corrected chi connectivity index (χ3v) is 2.64. The van der Waals surface area contributed by atoms with Crippen LogP contribution in [0.5, 0.6) is 0 Å². The molecule has 6 nitrogen and oxygen atoms in total. The lowest BCUT2D eigenvalue weighted by atomic mass is 10.9. The molecular weight excluding hydrogens is 297 g/mol. The van der Waals surface area contributed by atoms with Gasteiger partial charge in [-0.15, -0.1) is 0 Å². The van der Waals surface area contributed by atoms with Gasteiger partial charge < -0.3 is 13.9 Å². The van der Waals surface area contributed by atoms with Crippen LogP contribution in [0.4, 0.5) is 0 Å². The van der Waals surface area contributed by atoms with E-state index >= 15 is 0 Å². The highest BCUT2D eigenvalue weighted by atomic mass is 31.2. The van der Waals surface area contributed by atoms with Crippen LogP contribution < -0.4 is 0 Å². The molecule has 0 rings (SSSR count). The highest BCUT2D eigenvalue weighted by Crippen LogP contribution is 2.36. The maximum atomic E-state index is 10.6. The minimum absolute atomic E-state index is 0.546. The summed E-state index contributed by atoms with van der Waals surface area (Å²) in [6.45, 7) is 11.3. The maximum Gasteiger partial charge on any atom is 0.197 e. The van der Waals surface area contributed by atoms with Gasteiger partial charge in [0.05, 0.1) is 6.61 Å². The first kappa shape index (κ1) is 23.6. The van der Waals surface area contributed by atoms with E-state index in [0.717, 1.165) is 0 Å². The Kier molecular flexibility index (Phi) is 13.6. The van der Waals surface area contributed by atoms with Crippen molar-refractivity contribution in [2.45, 2.75) is 6.92 Å². The first-order chi connectivity index (χ1) is 7.62. The van der Waals surface area contributed by atoms with Crippen molar-refractivity contribution in [2.75, 3.05) is 53.7 Å². The lowest BCUT2D eigenvalue weighted by Crippen LogP contribution is -1.82. The van der Waals surface area contributed by atoms with E-state index in [9.17, 15) is 13.7 Å². The summed E-state index contributed by atoms with van der Waals surface area (Å²) in [6, 6.07) is 0. The number of hydrogen-bond acceptors (Lipinski definition) is 5. The fourth-order valence-electron chi connectivity index (χ4n) is 0.311. The topological polar surface area (TPSA) is 89.9 Å². The average Bonchev–Trinajstić information content (AvgIpc) is 1.98. The average molecular weight is 324 g/mol. The first-order valence-corrected chi connectivity index (χ1v) is 12.8. The molecule has 0 aliphatic heterocycles. The van der Waals surface area contributed by atoms with Crippen molar-refractivity contribution in [2.24, 2.45) is 0 Å². The minimum Gasteiger partial charge on any atom is -0.345 e. The zero-order valence-electron chi connectivity index (χ0n) is 12.5. The van der Waals surface area contributed by atoms with Gasteiger partial charge in [-0.25, -0.2) is 0 Å². The Bertz CT molecular complexity index is 315. The van der Waals surface area contributed by atoms with Crippen LogP contribution in [0.25, 0.3) is 0 Å². The van der Waals surface area contributed by atoms with Crippen molar-refractivity contribution in [3.8, 4) is 0 Å². The molecule has 18 heavy (non-hydrogen) atoms. The normalized spacial score (nSPS) is 11.8. The monoisotopic (exact) mass is 324 g/mol. The second-order valence-electron chi connectivity index (χ2n) is 4.40. The van der Waals surface area contributed by atoms with Gasteiger partial charge in [0.1, 0.15) is 0 Å². The van der Waals surface area contributed by atoms with E-state index in [4.69, 9.17) is 9.42 Å². The Hall–Kier alpha value is 0.570. The molecule has 114 valence electrons. The summed E-state index contributed by atoms with van der Waals surface area (Å²) in [5.41, 5.74) is 0. The molecule has 0 heterocycles. The van der Waals surface area contributed by atoms with E-state index in [1.807, 2.05) is 6.92 Å². The van der Waals surface area contributed by atoms with E-state index in [1.54, 1.807) is 26.7 Å². The summed E-state index contributed by atoms with van der Waals surface area (Å²) in [5.74, 6) is 0. The smallest absolute Gasteiger partial charge is 0.197 e. The van der Waals surface area contributed by atoms with Gasteiger partial charge in [-0.1, -0.05) is 0 Å². The Morgan fingerprint density at radius 2 is 1.11 bits per heavy atom. The molecule has 0 saturated carbocycles. The fraction of sp³-hybridized carbons (Fsp3) is 1.00. The fourth-order valence-corrected chi connectivity index (χ4v) is 0.933. The van der Waals surface area contributed by atoms with Gasteiger partial charge >= 0.3 is 0 Å². The van der Waals surface area contributed by atoms with Crippen LogP contribution in [-0.4, -0.2) is 58.6 Å². The molecule has 0 fully saturated rings. The van der Waals surface area contributed by atoms with Crippen molar-refractivity contribution in [1.82, 2.24) is 0 Å². The Balaban J connectivity index is -0.000000190. The summed E-state index contributed by atoms with van der Waals surface area (Å²) in [5, 5.41) is 0. The zero-order chi connectivity index (χ0) is 15.6. The third-order valence-electron chi connectivity index (χ3n) is 0.880. The van der Waals surface area contributed by atoms with E-state index in [2.05, 4.69) is 4.52 Å². The van der Waals surface area contributed by atoms with E-state index in [0.29, 0.717) is 6.61 Å². The standard InChI is InChI=1S/C4H11O2P.C3H9O2P.C2H7O2P/c1-4-6-7(2,3)5;1-5-6(2,3)4;1-5(2,3)4/h4H2,1-3H3;1-3H3;1-2H3,(H,3,4). The summed E-state index contributed by atoms with van der Waals surface area (Å²) >= 11 is 0. The molecule has 9 heteroatoms. The van der Waals surface area contributed by atoms with Gasteiger partial charge in [-0.05, 0) is 6.92 Å². The quantitative estimate of drug-likeness (QED) is 0.802. The molecule has 0 radical (unpaired) electrons. The van der Waals surface area contributed by atoms with Crippen molar-refractivity contribution in [1.29, 1.82) is 0 Å². The first-order valence-electron chi connectivity index (χ1n) is 5.20. The second-order valence-corrected chi connectivity index (χ2v) is 12.6. The molecule has 0 aromatic heterocycles. The highest BCUT2D eigenvalue weighted by Gasteiger charge is 2.02. The molecule has 0 spiro atoms. The molecule has 1 N–H and O–H groups in total. The predicted octanol–water partition coefficient (Wildman–Crippen LogP) is 3.25. The van der Waals surface area contributed by atoms with Crippen molar-refractivity contribution in [3.63, 3.8) is 0 Å². The largest absolute Gasteiger partial charge is 0.345 e. The van der Waals surface area contributed by atoms with Crippen LogP contribution in [0.15, 0.2) is 0 Å². The summed E-state index contributed by atoms with van der Waals surface area (Å²) in [4.78, 5) is 8.08. The molecule has 0 aromatic carbocycles. The molecule has 0 aliphatic rings. The molecule has 0 atom stereocenters. The lowest BCUT2D eigenvalue weighted by molar-refractivity contribution is 0.341. The van der Waals surface area contributed by atoms with Gasteiger partial charge in [0.2, 0.25) is 0 Å². The van der Waals surface area contributed by atoms with Gasteiger partial charge in [0, 0.05) is 47.1 Å². The molecule has 0 bridgehead atoms. The molecular formula is C9H27O6P3. The molecule has 0 amide bonds. The molecule has 0 saturated heterocycles. The number of rotatable bonds is 3. The van der Waals surface area contributed by atoms with Crippen molar-refractivity contribution < 1.29 is 27.6 Å². The predicted molar refractivity (Wildman–Crippen MR) is 79.2 cm³/mol. The van der Waals surface area contributed by atoms with Crippen LogP contribution in [0.1, 0.15) is 6.92 Å². The summed E-state index contributed by atoms with van der Waals surface area (Å²) < 4.78 is 40.0. The zero-order valence-corrected chi connectivity index (χ0v) is 15.2. The van der Waals surface area contributed by atoms with Crippen LogP contribution in [0, 0.1) is 0 Å². The van der Waals surface area contributed by atoms with Crippen LogP contribution >= 0.6 is 22.1 Å². The lowest BCUT2D eigenvalue weighted by Gasteiger charge is -2.02.